The van der Waals surface area contributed by atoms with Crippen molar-refractivity contribution >= 4 is 5.91 Å². The molecule has 0 aromatic heterocycles. The van der Waals surface area contributed by atoms with Gasteiger partial charge in [-0.2, -0.15) is 13.2 Å². The number of epoxide rings is 1. The third-order valence-electron chi connectivity index (χ3n) is 4.56. The van der Waals surface area contributed by atoms with Crippen LogP contribution in [0.15, 0.2) is 30.3 Å². The first kappa shape index (κ1) is 15.3. The summed E-state index contributed by atoms with van der Waals surface area (Å²) in [6, 6.07) is 7.64. The van der Waals surface area contributed by atoms with Crippen molar-refractivity contribution in [3.8, 4) is 0 Å². The fourth-order valence-corrected chi connectivity index (χ4v) is 2.97. The molecule has 2 fully saturated rings. The topological polar surface area (TPSA) is 32.8 Å². The molecule has 0 aliphatic carbocycles. The molecular formula is C16H18F3NO2. The minimum atomic E-state index is -4.42. The van der Waals surface area contributed by atoms with Gasteiger partial charge in [-0.25, -0.2) is 0 Å². The first-order valence-corrected chi connectivity index (χ1v) is 7.43. The number of amides is 1. The molecule has 6 heteroatoms. The fourth-order valence-electron chi connectivity index (χ4n) is 2.97. The van der Waals surface area contributed by atoms with E-state index >= 15 is 0 Å². The van der Waals surface area contributed by atoms with Gasteiger partial charge in [-0.05, 0) is 18.4 Å². The van der Waals surface area contributed by atoms with E-state index in [1.54, 1.807) is 18.2 Å². The minimum Gasteiger partial charge on any atom is -0.369 e. The number of ether oxygens (including phenoxy) is 1. The molecule has 0 bridgehead atoms. The van der Waals surface area contributed by atoms with E-state index in [0.29, 0.717) is 19.7 Å². The molecule has 1 unspecified atom stereocenters. The molecule has 1 aromatic rings. The highest BCUT2D eigenvalue weighted by atomic mass is 19.4. The molecule has 1 atom stereocenters. The molecule has 120 valence electrons. The quantitative estimate of drug-likeness (QED) is 0.803. The summed E-state index contributed by atoms with van der Waals surface area (Å²) in [7, 11) is 0. The van der Waals surface area contributed by atoms with E-state index in [1.165, 1.54) is 17.0 Å². The lowest BCUT2D eigenvalue weighted by atomic mass is 9.93. The average Bonchev–Trinajstić information content (AvgIpc) is 3.24. The minimum absolute atomic E-state index is 0.0837. The fraction of sp³-hybridized carbons (Fsp3) is 0.562. The van der Waals surface area contributed by atoms with Gasteiger partial charge in [-0.3, -0.25) is 4.79 Å². The van der Waals surface area contributed by atoms with Crippen LogP contribution in [0.3, 0.4) is 0 Å². The number of hydrogen-bond acceptors (Lipinski definition) is 2. The maximum absolute atomic E-state index is 13.3. The zero-order valence-electron chi connectivity index (χ0n) is 12.1. The number of benzene rings is 1. The first-order valence-electron chi connectivity index (χ1n) is 7.43. The van der Waals surface area contributed by atoms with E-state index in [1.807, 2.05) is 0 Å². The third kappa shape index (κ3) is 3.27. The SMILES string of the molecule is O=C(CC(c1ccccc1)C(F)(F)F)N1CCC2(CC1)CO2. The van der Waals surface area contributed by atoms with E-state index in [2.05, 4.69) is 0 Å². The van der Waals surface area contributed by atoms with E-state index in [4.69, 9.17) is 4.74 Å². The Morgan fingerprint density at radius 1 is 1.23 bits per heavy atom. The highest BCUT2D eigenvalue weighted by Crippen LogP contribution is 2.40. The predicted molar refractivity (Wildman–Crippen MR) is 74.4 cm³/mol. The Balaban J connectivity index is 1.67. The van der Waals surface area contributed by atoms with Crippen molar-refractivity contribution in [3.05, 3.63) is 35.9 Å². The third-order valence-corrected chi connectivity index (χ3v) is 4.56. The summed E-state index contributed by atoms with van der Waals surface area (Å²) in [4.78, 5) is 13.8. The lowest BCUT2D eigenvalue weighted by Gasteiger charge is -2.32. The molecule has 0 N–H and O–H groups in total. The summed E-state index contributed by atoms with van der Waals surface area (Å²) < 4.78 is 45.2. The van der Waals surface area contributed by atoms with Crippen molar-refractivity contribution in [2.24, 2.45) is 0 Å². The number of carbonyl (C=O) groups is 1. The van der Waals surface area contributed by atoms with Gasteiger partial charge in [0.2, 0.25) is 5.91 Å². The average molecular weight is 313 g/mol. The van der Waals surface area contributed by atoms with Crippen LogP contribution in [0.4, 0.5) is 13.2 Å². The lowest BCUT2D eigenvalue weighted by molar-refractivity contribution is -0.161. The van der Waals surface area contributed by atoms with Gasteiger partial charge in [0.1, 0.15) is 0 Å². The van der Waals surface area contributed by atoms with Crippen molar-refractivity contribution in [2.45, 2.75) is 37.0 Å². The van der Waals surface area contributed by atoms with Crippen LogP contribution in [0, 0.1) is 0 Å². The number of alkyl halides is 3. The first-order chi connectivity index (χ1) is 10.4. The molecule has 1 aromatic carbocycles. The summed E-state index contributed by atoms with van der Waals surface area (Å²) in [5, 5.41) is 0. The number of carbonyl (C=O) groups excluding carboxylic acids is 1. The molecule has 2 saturated heterocycles. The normalized spacial score (nSPS) is 21.7. The number of likely N-dealkylation sites (tertiary alicyclic amines) is 1. The van der Waals surface area contributed by atoms with E-state index in [9.17, 15) is 18.0 Å². The van der Waals surface area contributed by atoms with Crippen molar-refractivity contribution in [1.82, 2.24) is 4.90 Å². The highest BCUT2D eigenvalue weighted by Gasteiger charge is 2.48. The van der Waals surface area contributed by atoms with Gasteiger partial charge >= 0.3 is 6.18 Å². The summed E-state index contributed by atoms with van der Waals surface area (Å²) in [6.07, 6.45) is -3.50. The number of halogens is 3. The van der Waals surface area contributed by atoms with Gasteiger partial charge in [0.15, 0.2) is 0 Å². The van der Waals surface area contributed by atoms with Gasteiger partial charge < -0.3 is 9.64 Å². The maximum atomic E-state index is 13.3. The number of rotatable bonds is 3. The molecular weight excluding hydrogens is 295 g/mol. The molecule has 2 heterocycles. The molecule has 2 aliphatic rings. The Labute approximate surface area is 127 Å². The van der Waals surface area contributed by atoms with Crippen LogP contribution in [-0.4, -0.2) is 42.3 Å². The second kappa shape index (κ2) is 5.57. The van der Waals surface area contributed by atoms with Crippen LogP contribution in [0.1, 0.15) is 30.7 Å². The van der Waals surface area contributed by atoms with Crippen molar-refractivity contribution in [1.29, 1.82) is 0 Å². The summed E-state index contributed by atoms with van der Waals surface area (Å²) in [5.41, 5.74) is 0.0574. The smallest absolute Gasteiger partial charge is 0.369 e. The monoisotopic (exact) mass is 313 g/mol. The van der Waals surface area contributed by atoms with Gasteiger partial charge in [0.05, 0.1) is 18.1 Å². The van der Waals surface area contributed by atoms with Crippen LogP contribution in [0.5, 0.6) is 0 Å². The van der Waals surface area contributed by atoms with Crippen LogP contribution in [0.25, 0.3) is 0 Å². The standard InChI is InChI=1S/C16H18F3NO2/c17-16(18,19)13(12-4-2-1-3-5-12)10-14(21)20-8-6-15(7-9-20)11-22-15/h1-5,13H,6-11H2. The van der Waals surface area contributed by atoms with Crippen molar-refractivity contribution in [3.63, 3.8) is 0 Å². The van der Waals surface area contributed by atoms with Crippen LogP contribution in [0.2, 0.25) is 0 Å². The van der Waals surface area contributed by atoms with Gasteiger partial charge in [-0.15, -0.1) is 0 Å². The largest absolute Gasteiger partial charge is 0.396 e. The molecule has 1 spiro atoms. The zero-order valence-corrected chi connectivity index (χ0v) is 12.1. The van der Waals surface area contributed by atoms with Crippen LogP contribution in [-0.2, 0) is 9.53 Å². The Kier molecular flexibility index (Phi) is 3.89. The molecule has 0 radical (unpaired) electrons. The molecule has 22 heavy (non-hydrogen) atoms. The second-order valence-electron chi connectivity index (χ2n) is 6.06. The summed E-state index contributed by atoms with van der Waals surface area (Å²) in [5.74, 6) is -2.17. The Hall–Kier alpha value is -1.56. The molecule has 3 nitrogen and oxygen atoms in total. The summed E-state index contributed by atoms with van der Waals surface area (Å²) in [6.45, 7) is 1.68. The predicted octanol–water partition coefficient (Wildman–Crippen LogP) is 3.11. The highest BCUT2D eigenvalue weighted by molar-refractivity contribution is 5.77. The van der Waals surface area contributed by atoms with Crippen molar-refractivity contribution in [2.75, 3.05) is 19.7 Å². The number of hydrogen-bond donors (Lipinski definition) is 0. The van der Waals surface area contributed by atoms with E-state index in [0.717, 1.165) is 12.8 Å². The van der Waals surface area contributed by atoms with E-state index < -0.39 is 24.4 Å². The van der Waals surface area contributed by atoms with Gasteiger partial charge in [0, 0.05) is 19.5 Å². The molecule has 1 amide bonds. The van der Waals surface area contributed by atoms with E-state index in [-0.39, 0.29) is 11.2 Å². The number of piperidine rings is 1. The molecule has 3 rings (SSSR count). The van der Waals surface area contributed by atoms with Crippen molar-refractivity contribution < 1.29 is 22.7 Å². The zero-order chi connectivity index (χ0) is 15.8. The van der Waals surface area contributed by atoms with Crippen LogP contribution >= 0.6 is 0 Å². The maximum Gasteiger partial charge on any atom is 0.396 e. The van der Waals surface area contributed by atoms with Gasteiger partial charge in [-0.1, -0.05) is 30.3 Å². The lowest BCUT2D eigenvalue weighted by Crippen LogP contribution is -2.42. The molecule has 0 saturated carbocycles. The van der Waals surface area contributed by atoms with Gasteiger partial charge in [0.25, 0.3) is 0 Å². The Morgan fingerprint density at radius 3 is 2.32 bits per heavy atom. The second-order valence-corrected chi connectivity index (χ2v) is 6.06. The Bertz CT molecular complexity index is 530. The number of nitrogens with zero attached hydrogens (tertiary/aromatic N) is 1. The Morgan fingerprint density at radius 2 is 1.82 bits per heavy atom. The van der Waals surface area contributed by atoms with Crippen LogP contribution < -0.4 is 0 Å². The molecule has 2 aliphatic heterocycles. The summed E-state index contributed by atoms with van der Waals surface area (Å²) >= 11 is 0.